The molecule has 1 atom stereocenters. The van der Waals surface area contributed by atoms with E-state index in [1.807, 2.05) is 30.6 Å². The van der Waals surface area contributed by atoms with E-state index in [9.17, 15) is 0 Å². The van der Waals surface area contributed by atoms with Crippen LogP contribution >= 0.6 is 23.1 Å². The first-order valence-corrected chi connectivity index (χ1v) is 6.39. The highest BCUT2D eigenvalue weighted by molar-refractivity contribution is 8.01. The fourth-order valence-electron chi connectivity index (χ4n) is 1.30. The summed E-state index contributed by atoms with van der Waals surface area (Å²) in [5, 5.41) is 1.98. The summed E-state index contributed by atoms with van der Waals surface area (Å²) in [4.78, 5) is 5.45. The molecule has 0 aliphatic heterocycles. The zero-order valence-electron chi connectivity index (χ0n) is 8.38. The molecule has 4 heteroatoms. The van der Waals surface area contributed by atoms with E-state index in [0.29, 0.717) is 0 Å². The van der Waals surface area contributed by atoms with E-state index in [2.05, 4.69) is 17.1 Å². The summed E-state index contributed by atoms with van der Waals surface area (Å²) in [6.07, 6.45) is 1.82. The topological polar surface area (TPSA) is 38.9 Å². The molecule has 1 heterocycles. The number of rotatable bonds is 3. The standard InChI is InChI=1S/C11H12N2S2/c1-8(12)9-4-2-3-5-10(9)15-11-13-6-7-14-11/h2-8H,12H2,1H3/t8-/m0/s1. The first-order valence-electron chi connectivity index (χ1n) is 4.69. The van der Waals surface area contributed by atoms with Crippen molar-refractivity contribution >= 4 is 23.1 Å². The van der Waals surface area contributed by atoms with E-state index in [0.717, 1.165) is 4.34 Å². The molecule has 0 saturated carbocycles. The van der Waals surface area contributed by atoms with Crippen LogP contribution in [0.1, 0.15) is 18.5 Å². The number of nitrogens with two attached hydrogens (primary N) is 1. The van der Waals surface area contributed by atoms with Gasteiger partial charge < -0.3 is 5.73 Å². The van der Waals surface area contributed by atoms with Gasteiger partial charge in [-0.15, -0.1) is 11.3 Å². The first kappa shape index (κ1) is 10.7. The Bertz CT molecular complexity index is 424. The van der Waals surface area contributed by atoms with Crippen molar-refractivity contribution in [2.24, 2.45) is 5.73 Å². The minimum atomic E-state index is 0.0636. The second kappa shape index (κ2) is 4.79. The fraction of sp³-hybridized carbons (Fsp3) is 0.182. The average Bonchev–Trinajstić information content (AvgIpc) is 2.71. The number of nitrogens with zero attached hydrogens (tertiary/aromatic N) is 1. The van der Waals surface area contributed by atoms with Gasteiger partial charge in [0.25, 0.3) is 0 Å². The third-order valence-electron chi connectivity index (χ3n) is 2.02. The maximum absolute atomic E-state index is 5.91. The van der Waals surface area contributed by atoms with Gasteiger partial charge in [0.2, 0.25) is 0 Å². The van der Waals surface area contributed by atoms with Gasteiger partial charge in [-0.2, -0.15) is 0 Å². The minimum Gasteiger partial charge on any atom is -0.324 e. The molecule has 0 amide bonds. The highest BCUT2D eigenvalue weighted by Crippen LogP contribution is 2.33. The summed E-state index contributed by atoms with van der Waals surface area (Å²) in [6.45, 7) is 2.00. The van der Waals surface area contributed by atoms with Crippen LogP contribution in [0.4, 0.5) is 0 Å². The van der Waals surface area contributed by atoms with Gasteiger partial charge in [0, 0.05) is 22.5 Å². The minimum absolute atomic E-state index is 0.0636. The van der Waals surface area contributed by atoms with Gasteiger partial charge in [-0.05, 0) is 18.6 Å². The first-order chi connectivity index (χ1) is 7.27. The van der Waals surface area contributed by atoms with Crippen molar-refractivity contribution in [3.8, 4) is 0 Å². The van der Waals surface area contributed by atoms with Gasteiger partial charge in [-0.25, -0.2) is 4.98 Å². The SMILES string of the molecule is C[C@H](N)c1ccccc1Sc1nccs1. The van der Waals surface area contributed by atoms with Gasteiger partial charge in [-0.3, -0.25) is 0 Å². The van der Waals surface area contributed by atoms with Crippen molar-refractivity contribution in [2.75, 3.05) is 0 Å². The van der Waals surface area contributed by atoms with E-state index in [4.69, 9.17) is 5.73 Å². The summed E-state index contributed by atoms with van der Waals surface area (Å²) in [5.74, 6) is 0. The fourth-order valence-corrected chi connectivity index (χ4v) is 3.11. The quantitative estimate of drug-likeness (QED) is 0.888. The largest absolute Gasteiger partial charge is 0.324 e. The molecule has 1 aromatic heterocycles. The molecule has 2 rings (SSSR count). The molecule has 0 saturated heterocycles. The zero-order chi connectivity index (χ0) is 10.7. The summed E-state index contributed by atoms with van der Waals surface area (Å²) in [5.41, 5.74) is 7.09. The maximum Gasteiger partial charge on any atom is 0.154 e. The number of aromatic nitrogens is 1. The van der Waals surface area contributed by atoms with Crippen molar-refractivity contribution < 1.29 is 0 Å². The van der Waals surface area contributed by atoms with Crippen molar-refractivity contribution in [2.45, 2.75) is 22.2 Å². The third kappa shape index (κ3) is 2.59. The zero-order valence-corrected chi connectivity index (χ0v) is 10.0. The summed E-state index contributed by atoms with van der Waals surface area (Å²) in [7, 11) is 0. The van der Waals surface area contributed by atoms with Crippen LogP contribution in [-0.2, 0) is 0 Å². The monoisotopic (exact) mass is 236 g/mol. The predicted molar refractivity (Wildman–Crippen MR) is 65.3 cm³/mol. The second-order valence-electron chi connectivity index (χ2n) is 3.23. The van der Waals surface area contributed by atoms with Crippen LogP contribution in [0.25, 0.3) is 0 Å². The molecule has 0 radical (unpaired) electrons. The lowest BCUT2D eigenvalue weighted by molar-refractivity contribution is 0.797. The summed E-state index contributed by atoms with van der Waals surface area (Å²) < 4.78 is 1.06. The number of benzene rings is 1. The van der Waals surface area contributed by atoms with Crippen molar-refractivity contribution in [1.82, 2.24) is 4.98 Å². The van der Waals surface area contributed by atoms with Gasteiger partial charge in [0.1, 0.15) is 0 Å². The van der Waals surface area contributed by atoms with E-state index < -0.39 is 0 Å². The Kier molecular flexibility index (Phi) is 3.41. The molecule has 0 unspecified atom stereocenters. The highest BCUT2D eigenvalue weighted by Gasteiger charge is 2.08. The molecular weight excluding hydrogens is 224 g/mol. The van der Waals surface area contributed by atoms with Gasteiger partial charge in [-0.1, -0.05) is 30.0 Å². The maximum atomic E-state index is 5.91. The number of thiazole rings is 1. The molecule has 2 nitrogen and oxygen atoms in total. The Balaban J connectivity index is 2.28. The summed E-state index contributed by atoms with van der Waals surface area (Å²) >= 11 is 3.33. The Hall–Kier alpha value is -0.840. The van der Waals surface area contributed by atoms with Crippen LogP contribution < -0.4 is 5.73 Å². The van der Waals surface area contributed by atoms with Crippen LogP contribution in [0.2, 0.25) is 0 Å². The average molecular weight is 236 g/mol. The van der Waals surface area contributed by atoms with Crippen LogP contribution in [0.3, 0.4) is 0 Å². The smallest absolute Gasteiger partial charge is 0.154 e. The van der Waals surface area contributed by atoms with Crippen LogP contribution in [0.15, 0.2) is 45.1 Å². The van der Waals surface area contributed by atoms with Crippen LogP contribution in [0.5, 0.6) is 0 Å². The van der Waals surface area contributed by atoms with Crippen LogP contribution in [-0.4, -0.2) is 4.98 Å². The number of hydrogen-bond acceptors (Lipinski definition) is 4. The molecule has 0 bridgehead atoms. The molecule has 0 fully saturated rings. The van der Waals surface area contributed by atoms with E-state index >= 15 is 0 Å². The molecule has 2 N–H and O–H groups in total. The lowest BCUT2D eigenvalue weighted by Gasteiger charge is -2.10. The lowest BCUT2D eigenvalue weighted by Crippen LogP contribution is -2.05. The van der Waals surface area contributed by atoms with E-state index in [1.165, 1.54) is 10.5 Å². The van der Waals surface area contributed by atoms with E-state index in [-0.39, 0.29) is 6.04 Å². The molecule has 78 valence electrons. The molecule has 15 heavy (non-hydrogen) atoms. The molecule has 0 aliphatic carbocycles. The van der Waals surface area contributed by atoms with E-state index in [1.54, 1.807) is 23.1 Å². The van der Waals surface area contributed by atoms with Crippen molar-refractivity contribution in [1.29, 1.82) is 0 Å². The molecular formula is C11H12N2S2. The number of hydrogen-bond donors (Lipinski definition) is 1. The molecule has 0 spiro atoms. The normalized spacial score (nSPS) is 12.7. The highest BCUT2D eigenvalue weighted by atomic mass is 32.2. The van der Waals surface area contributed by atoms with Gasteiger partial charge in [0.15, 0.2) is 4.34 Å². The van der Waals surface area contributed by atoms with Gasteiger partial charge >= 0.3 is 0 Å². The summed E-state index contributed by atoms with van der Waals surface area (Å²) in [6, 6.07) is 8.27. The molecule has 2 aromatic rings. The Morgan fingerprint density at radius 2 is 2.20 bits per heavy atom. The lowest BCUT2D eigenvalue weighted by atomic mass is 10.1. The van der Waals surface area contributed by atoms with Crippen molar-refractivity contribution in [3.05, 3.63) is 41.4 Å². The second-order valence-corrected chi connectivity index (χ2v) is 5.41. The molecule has 0 aliphatic rings. The Labute approximate surface area is 97.5 Å². The van der Waals surface area contributed by atoms with Crippen molar-refractivity contribution in [3.63, 3.8) is 0 Å². The predicted octanol–water partition coefficient (Wildman–Crippen LogP) is 3.31. The molecule has 1 aromatic carbocycles. The van der Waals surface area contributed by atoms with Crippen LogP contribution in [0, 0.1) is 0 Å². The Morgan fingerprint density at radius 3 is 2.87 bits per heavy atom. The van der Waals surface area contributed by atoms with Gasteiger partial charge in [0.05, 0.1) is 0 Å². The third-order valence-corrected chi connectivity index (χ3v) is 3.99. The Morgan fingerprint density at radius 1 is 1.40 bits per heavy atom.